The number of anilines is 1. The predicted octanol–water partition coefficient (Wildman–Crippen LogP) is 0.316. The number of carbonyl (C=O) groups is 1. The molecular weight excluding hydrogens is 346 g/mol. The molecule has 0 aliphatic carbocycles. The number of rotatable bonds is 3. The Morgan fingerprint density at radius 1 is 1.15 bits per heavy atom. The summed E-state index contributed by atoms with van der Waals surface area (Å²) < 4.78 is 11.1. The third-order valence-corrected chi connectivity index (χ3v) is 5.61. The van der Waals surface area contributed by atoms with Crippen LogP contribution in [0.25, 0.3) is 0 Å². The number of ether oxygens (including phenoxy) is 2. The van der Waals surface area contributed by atoms with E-state index < -0.39 is 0 Å². The van der Waals surface area contributed by atoms with E-state index in [2.05, 4.69) is 21.3 Å². The molecule has 3 aliphatic heterocycles. The van der Waals surface area contributed by atoms with E-state index in [0.29, 0.717) is 19.1 Å². The standard InChI is InChI=1S/C19H29N5O3/c1-14-21-16(12-18(22-14)23-7-10-26-11-8-23)15-2-5-24(6-3-15)19(25)17-13-20-4-9-27-17/h12,15,17,20H,2-11,13H2,1H3/t17-/m0/s1. The molecule has 148 valence electrons. The normalized spacial score (nSPS) is 24.9. The summed E-state index contributed by atoms with van der Waals surface area (Å²) in [4.78, 5) is 26.2. The van der Waals surface area contributed by atoms with Crippen molar-refractivity contribution in [2.45, 2.75) is 31.8 Å². The van der Waals surface area contributed by atoms with Gasteiger partial charge in [-0.2, -0.15) is 0 Å². The van der Waals surface area contributed by atoms with Gasteiger partial charge in [-0.25, -0.2) is 9.97 Å². The number of aromatic nitrogens is 2. The van der Waals surface area contributed by atoms with Crippen LogP contribution in [0.2, 0.25) is 0 Å². The van der Waals surface area contributed by atoms with Crippen LogP contribution in [0.15, 0.2) is 6.07 Å². The van der Waals surface area contributed by atoms with E-state index in [1.165, 1.54) is 0 Å². The Kier molecular flexibility index (Phi) is 5.85. The lowest BCUT2D eigenvalue weighted by atomic mass is 9.92. The molecule has 0 radical (unpaired) electrons. The van der Waals surface area contributed by atoms with Crippen molar-refractivity contribution in [3.63, 3.8) is 0 Å². The molecule has 3 fully saturated rings. The summed E-state index contributed by atoms with van der Waals surface area (Å²) in [5.41, 5.74) is 1.10. The Morgan fingerprint density at radius 2 is 1.93 bits per heavy atom. The summed E-state index contributed by atoms with van der Waals surface area (Å²) in [7, 11) is 0. The smallest absolute Gasteiger partial charge is 0.253 e. The second-order valence-corrected chi connectivity index (χ2v) is 7.46. The molecular formula is C19H29N5O3. The van der Waals surface area contributed by atoms with E-state index in [0.717, 1.165) is 76.1 Å². The predicted molar refractivity (Wildman–Crippen MR) is 101 cm³/mol. The summed E-state index contributed by atoms with van der Waals surface area (Å²) in [6, 6.07) is 2.13. The lowest BCUT2D eigenvalue weighted by Gasteiger charge is -2.35. The quantitative estimate of drug-likeness (QED) is 0.815. The number of hydrogen-bond acceptors (Lipinski definition) is 7. The van der Waals surface area contributed by atoms with Crippen molar-refractivity contribution in [2.24, 2.45) is 0 Å². The molecule has 1 atom stereocenters. The fourth-order valence-corrected chi connectivity index (χ4v) is 4.06. The van der Waals surface area contributed by atoms with Gasteiger partial charge in [0.15, 0.2) is 0 Å². The maximum absolute atomic E-state index is 12.6. The van der Waals surface area contributed by atoms with Gasteiger partial charge < -0.3 is 24.6 Å². The molecule has 0 aromatic carbocycles. The van der Waals surface area contributed by atoms with E-state index in [9.17, 15) is 4.79 Å². The lowest BCUT2D eigenvalue weighted by molar-refractivity contribution is -0.146. The first-order valence-corrected chi connectivity index (χ1v) is 10.00. The van der Waals surface area contributed by atoms with Crippen LogP contribution in [0.5, 0.6) is 0 Å². The third kappa shape index (κ3) is 4.39. The van der Waals surface area contributed by atoms with Crippen LogP contribution in [0.1, 0.15) is 30.3 Å². The Hall–Kier alpha value is -1.77. The van der Waals surface area contributed by atoms with Crippen LogP contribution in [0.4, 0.5) is 5.82 Å². The second kappa shape index (κ2) is 8.50. The first-order valence-electron chi connectivity index (χ1n) is 10.00. The molecule has 1 N–H and O–H groups in total. The molecule has 3 aliphatic rings. The fourth-order valence-electron chi connectivity index (χ4n) is 4.06. The minimum Gasteiger partial charge on any atom is -0.378 e. The summed E-state index contributed by atoms with van der Waals surface area (Å²) in [5.74, 6) is 2.31. The highest BCUT2D eigenvalue weighted by Gasteiger charge is 2.31. The molecule has 27 heavy (non-hydrogen) atoms. The molecule has 8 nitrogen and oxygen atoms in total. The number of hydrogen-bond donors (Lipinski definition) is 1. The summed E-state index contributed by atoms with van der Waals surface area (Å²) in [6.07, 6.45) is 1.54. The molecule has 1 aromatic rings. The third-order valence-electron chi connectivity index (χ3n) is 5.61. The van der Waals surface area contributed by atoms with E-state index in [1.54, 1.807) is 0 Å². The number of carbonyl (C=O) groups excluding carboxylic acids is 1. The van der Waals surface area contributed by atoms with Gasteiger partial charge in [-0.15, -0.1) is 0 Å². The molecule has 1 aromatic heterocycles. The Labute approximate surface area is 160 Å². The van der Waals surface area contributed by atoms with Crippen molar-refractivity contribution in [3.8, 4) is 0 Å². The van der Waals surface area contributed by atoms with E-state index >= 15 is 0 Å². The van der Waals surface area contributed by atoms with Gasteiger partial charge in [-0.1, -0.05) is 0 Å². The zero-order valence-electron chi connectivity index (χ0n) is 16.0. The minimum absolute atomic E-state index is 0.119. The molecule has 1 amide bonds. The number of likely N-dealkylation sites (tertiary alicyclic amines) is 1. The SMILES string of the molecule is Cc1nc(C2CCN(C(=O)[C@@H]3CNCCO3)CC2)cc(N2CCOCC2)n1. The Morgan fingerprint density at radius 3 is 2.63 bits per heavy atom. The van der Waals surface area contributed by atoms with Gasteiger partial charge in [0.05, 0.1) is 19.8 Å². The maximum Gasteiger partial charge on any atom is 0.253 e. The number of piperidine rings is 1. The van der Waals surface area contributed by atoms with E-state index in [-0.39, 0.29) is 12.0 Å². The highest BCUT2D eigenvalue weighted by molar-refractivity contribution is 5.81. The number of morpholine rings is 2. The van der Waals surface area contributed by atoms with Crippen LogP contribution >= 0.6 is 0 Å². The van der Waals surface area contributed by atoms with Crippen LogP contribution < -0.4 is 10.2 Å². The zero-order chi connectivity index (χ0) is 18.6. The highest BCUT2D eigenvalue weighted by atomic mass is 16.5. The van der Waals surface area contributed by atoms with Gasteiger partial charge in [0.25, 0.3) is 5.91 Å². The molecule has 4 heterocycles. The van der Waals surface area contributed by atoms with Crippen LogP contribution in [-0.4, -0.2) is 86.0 Å². The minimum atomic E-state index is -0.329. The Balaban J connectivity index is 1.39. The van der Waals surface area contributed by atoms with E-state index in [1.807, 2.05) is 11.8 Å². The second-order valence-electron chi connectivity index (χ2n) is 7.46. The van der Waals surface area contributed by atoms with Crippen molar-refractivity contribution in [1.29, 1.82) is 0 Å². The maximum atomic E-state index is 12.6. The van der Waals surface area contributed by atoms with Gasteiger partial charge in [0, 0.05) is 56.9 Å². The number of aryl methyl sites for hydroxylation is 1. The average molecular weight is 375 g/mol. The van der Waals surface area contributed by atoms with Gasteiger partial charge in [0.1, 0.15) is 17.7 Å². The average Bonchev–Trinajstić information content (AvgIpc) is 2.74. The van der Waals surface area contributed by atoms with Crippen molar-refractivity contribution < 1.29 is 14.3 Å². The molecule has 8 heteroatoms. The van der Waals surface area contributed by atoms with Gasteiger partial charge in [0.2, 0.25) is 0 Å². The van der Waals surface area contributed by atoms with Gasteiger partial charge in [-0.3, -0.25) is 4.79 Å². The fraction of sp³-hybridized carbons (Fsp3) is 0.737. The topological polar surface area (TPSA) is 79.8 Å². The lowest BCUT2D eigenvalue weighted by Crippen LogP contribution is -2.51. The van der Waals surface area contributed by atoms with Crippen LogP contribution in [0.3, 0.4) is 0 Å². The number of nitrogens with zero attached hydrogens (tertiary/aromatic N) is 4. The molecule has 4 rings (SSSR count). The van der Waals surface area contributed by atoms with Crippen molar-refractivity contribution in [2.75, 3.05) is 64.0 Å². The summed E-state index contributed by atoms with van der Waals surface area (Å²) in [5, 5.41) is 3.23. The van der Waals surface area contributed by atoms with Crippen molar-refractivity contribution in [3.05, 3.63) is 17.6 Å². The van der Waals surface area contributed by atoms with Crippen molar-refractivity contribution in [1.82, 2.24) is 20.2 Å². The molecule has 0 saturated carbocycles. The van der Waals surface area contributed by atoms with Crippen LogP contribution in [-0.2, 0) is 14.3 Å². The summed E-state index contributed by atoms with van der Waals surface area (Å²) in [6.45, 7) is 8.77. The first-order chi connectivity index (χ1) is 13.2. The molecule has 0 spiro atoms. The van der Waals surface area contributed by atoms with Crippen LogP contribution in [0, 0.1) is 6.92 Å². The van der Waals surface area contributed by atoms with Crippen molar-refractivity contribution >= 4 is 11.7 Å². The molecule has 0 unspecified atom stereocenters. The van der Waals surface area contributed by atoms with Gasteiger partial charge in [-0.05, 0) is 19.8 Å². The Bertz CT molecular complexity index is 651. The number of amides is 1. The summed E-state index contributed by atoms with van der Waals surface area (Å²) >= 11 is 0. The molecule has 0 bridgehead atoms. The van der Waals surface area contributed by atoms with E-state index in [4.69, 9.17) is 14.5 Å². The van der Waals surface area contributed by atoms with Gasteiger partial charge >= 0.3 is 0 Å². The highest BCUT2D eigenvalue weighted by Crippen LogP contribution is 2.29. The first kappa shape index (κ1) is 18.6. The number of nitrogens with one attached hydrogen (secondary N) is 1. The molecule has 3 saturated heterocycles. The zero-order valence-corrected chi connectivity index (χ0v) is 16.0. The monoisotopic (exact) mass is 375 g/mol. The largest absolute Gasteiger partial charge is 0.378 e.